The lowest BCUT2D eigenvalue weighted by molar-refractivity contribution is -0.140. The van der Waals surface area contributed by atoms with E-state index in [4.69, 9.17) is 23.2 Å². The number of hydrogen-bond acceptors (Lipinski definition) is 3. The van der Waals surface area contributed by atoms with Gasteiger partial charge in [0.2, 0.25) is 5.91 Å². The van der Waals surface area contributed by atoms with Crippen LogP contribution in [0.15, 0.2) is 5.38 Å². The van der Waals surface area contributed by atoms with Crippen LogP contribution in [0.25, 0.3) is 0 Å². The van der Waals surface area contributed by atoms with Crippen molar-refractivity contribution in [1.82, 2.24) is 4.98 Å². The highest BCUT2D eigenvalue weighted by Crippen LogP contribution is 2.64. The molecule has 1 aliphatic rings. The molecular weight excluding hydrogens is 312 g/mol. The van der Waals surface area contributed by atoms with Gasteiger partial charge in [0.25, 0.3) is 0 Å². The first-order valence-electron chi connectivity index (χ1n) is 4.78. The fourth-order valence-electron chi connectivity index (χ4n) is 1.34. The minimum atomic E-state index is -4.52. The van der Waals surface area contributed by atoms with Gasteiger partial charge in [-0.05, 0) is 13.3 Å². The van der Waals surface area contributed by atoms with Crippen LogP contribution in [-0.2, 0) is 11.0 Å². The highest BCUT2D eigenvalue weighted by Gasteiger charge is 2.68. The predicted molar refractivity (Wildman–Crippen MR) is 62.9 cm³/mol. The molecule has 1 heterocycles. The summed E-state index contributed by atoms with van der Waals surface area (Å²) in [5.74, 6) is -0.532. The van der Waals surface area contributed by atoms with Gasteiger partial charge in [-0.1, -0.05) is 0 Å². The number of nitrogens with zero attached hydrogens (tertiary/aromatic N) is 1. The van der Waals surface area contributed by atoms with Gasteiger partial charge in [-0.15, -0.1) is 34.5 Å². The predicted octanol–water partition coefficient (Wildman–Crippen LogP) is 3.68. The molecule has 1 atom stereocenters. The van der Waals surface area contributed by atoms with E-state index in [-0.39, 0.29) is 11.6 Å². The molecule has 3 nitrogen and oxygen atoms in total. The monoisotopic (exact) mass is 318 g/mol. The van der Waals surface area contributed by atoms with Gasteiger partial charge in [0, 0.05) is 5.38 Å². The fraction of sp³-hybridized carbons (Fsp3) is 0.556. The van der Waals surface area contributed by atoms with E-state index < -0.39 is 27.5 Å². The molecule has 1 amide bonds. The molecule has 1 aromatic heterocycles. The number of alkyl halides is 5. The first kappa shape index (κ1) is 13.9. The molecule has 100 valence electrons. The van der Waals surface area contributed by atoms with Gasteiger partial charge >= 0.3 is 6.18 Å². The van der Waals surface area contributed by atoms with E-state index in [1.54, 1.807) is 6.92 Å². The second-order valence-corrected chi connectivity index (χ2v) is 6.55. The van der Waals surface area contributed by atoms with Crippen LogP contribution in [-0.4, -0.2) is 15.2 Å². The standard InChI is InChI=1S/C9H7Cl2F3N2OS/c1-7(3-8(7,10)11)5(17)16-6-15-4(2-18-6)9(12,13)14/h2H,3H2,1H3,(H,15,16,17)/t7-/m0/s1. The number of halogens is 5. The van der Waals surface area contributed by atoms with Crippen LogP contribution >= 0.6 is 34.5 Å². The van der Waals surface area contributed by atoms with Crippen molar-refractivity contribution < 1.29 is 18.0 Å². The Bertz CT molecular complexity index is 502. The number of rotatable bonds is 2. The molecule has 0 aliphatic heterocycles. The van der Waals surface area contributed by atoms with E-state index in [0.717, 1.165) is 5.38 Å². The summed E-state index contributed by atoms with van der Waals surface area (Å²) in [6.07, 6.45) is -4.27. The Labute approximate surface area is 114 Å². The van der Waals surface area contributed by atoms with E-state index in [0.29, 0.717) is 11.3 Å². The quantitative estimate of drug-likeness (QED) is 0.845. The van der Waals surface area contributed by atoms with E-state index in [1.165, 1.54) is 0 Å². The van der Waals surface area contributed by atoms with Crippen LogP contribution < -0.4 is 5.32 Å². The number of amides is 1. The molecule has 0 aromatic carbocycles. The molecule has 0 bridgehead atoms. The molecule has 0 spiro atoms. The zero-order chi connectivity index (χ0) is 13.8. The Morgan fingerprint density at radius 3 is 2.50 bits per heavy atom. The third-order valence-corrected chi connectivity index (χ3v) is 4.63. The topological polar surface area (TPSA) is 42.0 Å². The fourth-order valence-corrected chi connectivity index (χ4v) is 2.76. The van der Waals surface area contributed by atoms with Crippen LogP contribution in [0.1, 0.15) is 19.0 Å². The van der Waals surface area contributed by atoms with Crippen molar-refractivity contribution in [3.8, 4) is 0 Å². The Balaban J connectivity index is 2.08. The first-order chi connectivity index (χ1) is 8.06. The van der Waals surface area contributed by atoms with Crippen molar-refractivity contribution in [2.45, 2.75) is 23.9 Å². The van der Waals surface area contributed by atoms with Gasteiger partial charge in [-0.2, -0.15) is 13.2 Å². The van der Waals surface area contributed by atoms with Crippen molar-refractivity contribution >= 4 is 45.6 Å². The highest BCUT2D eigenvalue weighted by atomic mass is 35.5. The average Bonchev–Trinajstić information content (AvgIpc) is 2.62. The van der Waals surface area contributed by atoms with Crippen LogP contribution in [0, 0.1) is 5.41 Å². The van der Waals surface area contributed by atoms with E-state index in [9.17, 15) is 18.0 Å². The summed E-state index contributed by atoms with van der Waals surface area (Å²) in [6.45, 7) is 1.54. The van der Waals surface area contributed by atoms with Crippen LogP contribution in [0.5, 0.6) is 0 Å². The minimum absolute atomic E-state index is 0.121. The zero-order valence-corrected chi connectivity index (χ0v) is 11.3. The number of anilines is 1. The lowest BCUT2D eigenvalue weighted by Gasteiger charge is -2.10. The first-order valence-corrected chi connectivity index (χ1v) is 6.42. The van der Waals surface area contributed by atoms with Crippen molar-refractivity contribution in [3.05, 3.63) is 11.1 Å². The molecule has 1 fully saturated rings. The normalized spacial score (nSPS) is 25.9. The molecule has 1 aliphatic carbocycles. The second kappa shape index (κ2) is 3.98. The van der Waals surface area contributed by atoms with Gasteiger partial charge in [-0.3, -0.25) is 4.79 Å². The van der Waals surface area contributed by atoms with Gasteiger partial charge in [-0.25, -0.2) is 4.98 Å². The second-order valence-electron chi connectivity index (χ2n) is 4.20. The van der Waals surface area contributed by atoms with Crippen molar-refractivity contribution in [2.24, 2.45) is 5.41 Å². The molecule has 0 radical (unpaired) electrons. The largest absolute Gasteiger partial charge is 0.434 e. The van der Waals surface area contributed by atoms with Crippen LogP contribution in [0.4, 0.5) is 18.3 Å². The SMILES string of the molecule is C[C@@]1(C(=O)Nc2nc(C(F)(F)F)cs2)CC1(Cl)Cl. The molecule has 0 unspecified atom stereocenters. The molecular formula is C9H7Cl2F3N2OS. The lowest BCUT2D eigenvalue weighted by atomic mass is 10.1. The highest BCUT2D eigenvalue weighted by molar-refractivity contribution is 7.14. The molecule has 18 heavy (non-hydrogen) atoms. The Morgan fingerprint density at radius 1 is 1.56 bits per heavy atom. The molecule has 0 saturated heterocycles. The van der Waals surface area contributed by atoms with Crippen LogP contribution in [0.2, 0.25) is 0 Å². The maximum absolute atomic E-state index is 12.3. The summed E-state index contributed by atoms with van der Waals surface area (Å²) in [5, 5.41) is 3.00. The summed E-state index contributed by atoms with van der Waals surface area (Å²) >= 11 is 12.3. The number of thiazole rings is 1. The molecule has 1 saturated carbocycles. The van der Waals surface area contributed by atoms with E-state index in [2.05, 4.69) is 10.3 Å². The Hall–Kier alpha value is -0.530. The van der Waals surface area contributed by atoms with Crippen LogP contribution in [0.3, 0.4) is 0 Å². The molecule has 1 aromatic rings. The summed E-state index contributed by atoms with van der Waals surface area (Å²) < 4.78 is 35.7. The summed E-state index contributed by atoms with van der Waals surface area (Å²) in [4.78, 5) is 15.1. The lowest BCUT2D eigenvalue weighted by Crippen LogP contribution is -2.26. The van der Waals surface area contributed by atoms with Crippen molar-refractivity contribution in [1.29, 1.82) is 0 Å². The summed E-state index contributed by atoms with van der Waals surface area (Å²) in [7, 11) is 0. The smallest absolute Gasteiger partial charge is 0.301 e. The number of carbonyl (C=O) groups excluding carboxylic acids is 1. The Kier molecular flexibility index (Phi) is 3.07. The zero-order valence-electron chi connectivity index (χ0n) is 8.94. The van der Waals surface area contributed by atoms with Gasteiger partial charge in [0.15, 0.2) is 10.8 Å². The summed E-state index contributed by atoms with van der Waals surface area (Å²) in [6, 6.07) is 0. The van der Waals surface area contributed by atoms with E-state index >= 15 is 0 Å². The van der Waals surface area contributed by atoms with Gasteiger partial charge in [0.1, 0.15) is 4.33 Å². The maximum atomic E-state index is 12.3. The van der Waals surface area contributed by atoms with E-state index in [1.807, 2.05) is 0 Å². The average molecular weight is 319 g/mol. The van der Waals surface area contributed by atoms with Crippen molar-refractivity contribution in [3.63, 3.8) is 0 Å². The molecule has 1 N–H and O–H groups in total. The third kappa shape index (κ3) is 2.31. The number of nitrogens with one attached hydrogen (secondary N) is 1. The van der Waals surface area contributed by atoms with Gasteiger partial charge in [0.05, 0.1) is 5.41 Å². The Morgan fingerprint density at radius 2 is 2.11 bits per heavy atom. The maximum Gasteiger partial charge on any atom is 0.434 e. The van der Waals surface area contributed by atoms with Gasteiger partial charge < -0.3 is 5.32 Å². The third-order valence-electron chi connectivity index (χ3n) is 2.77. The number of hydrogen-bond donors (Lipinski definition) is 1. The molecule has 9 heteroatoms. The van der Waals surface area contributed by atoms with Crippen molar-refractivity contribution in [2.75, 3.05) is 5.32 Å². The summed E-state index contributed by atoms with van der Waals surface area (Å²) in [5.41, 5.74) is -2.02. The number of carbonyl (C=O) groups is 1. The molecule has 2 rings (SSSR count). The minimum Gasteiger partial charge on any atom is -0.301 e. The number of aromatic nitrogens is 1.